The highest BCUT2D eigenvalue weighted by Gasteiger charge is 2.41. The van der Waals surface area contributed by atoms with Crippen molar-refractivity contribution in [2.24, 2.45) is 0 Å². The summed E-state index contributed by atoms with van der Waals surface area (Å²) in [5.41, 5.74) is -1.39. The summed E-state index contributed by atoms with van der Waals surface area (Å²) in [6, 6.07) is 7.44. The van der Waals surface area contributed by atoms with Gasteiger partial charge in [-0.05, 0) is 40.2 Å². The van der Waals surface area contributed by atoms with Crippen LogP contribution in [0.4, 0.5) is 4.79 Å². The molecule has 1 aromatic rings. The number of methoxy groups -OCH3 is 1. The fraction of sp³-hybridized carbons (Fsp3) is 0.500. The van der Waals surface area contributed by atoms with E-state index in [4.69, 9.17) is 14.2 Å². The van der Waals surface area contributed by atoms with Crippen LogP contribution in [-0.4, -0.2) is 48.2 Å². The summed E-state index contributed by atoms with van der Waals surface area (Å²) in [6.45, 7) is 7.91. The largest absolute Gasteiger partial charge is 0.467 e. The molecular formula is C20H28N2O7. The summed E-state index contributed by atoms with van der Waals surface area (Å²) in [5.74, 6) is -3.17. The zero-order valence-electron chi connectivity index (χ0n) is 17.5. The highest BCUT2D eigenvalue weighted by atomic mass is 16.6. The van der Waals surface area contributed by atoms with Crippen molar-refractivity contribution in [1.82, 2.24) is 10.6 Å². The first-order chi connectivity index (χ1) is 13.4. The van der Waals surface area contributed by atoms with Crippen LogP contribution in [0.1, 0.15) is 40.2 Å². The fourth-order valence-corrected chi connectivity index (χ4v) is 2.27. The predicted octanol–water partition coefficient (Wildman–Crippen LogP) is 1.69. The van der Waals surface area contributed by atoms with Crippen molar-refractivity contribution in [1.29, 1.82) is 0 Å². The summed E-state index contributed by atoms with van der Waals surface area (Å²) >= 11 is 0. The SMILES string of the molecule is COC(=O)[C@@H](NC(=O)C(=O)OCc1ccccc1)C(C)(C)NC(=O)OC(C)(C)C. The van der Waals surface area contributed by atoms with Gasteiger partial charge in [0.25, 0.3) is 0 Å². The number of alkyl carbamates (subject to hydrolysis) is 1. The highest BCUT2D eigenvalue weighted by Crippen LogP contribution is 2.14. The molecule has 2 N–H and O–H groups in total. The molecule has 0 aliphatic carbocycles. The summed E-state index contributed by atoms with van der Waals surface area (Å²) in [5, 5.41) is 4.76. The van der Waals surface area contributed by atoms with Crippen LogP contribution >= 0.6 is 0 Å². The van der Waals surface area contributed by atoms with Crippen LogP contribution < -0.4 is 10.6 Å². The number of nitrogens with one attached hydrogen (secondary N) is 2. The van der Waals surface area contributed by atoms with Crippen LogP contribution in [0.15, 0.2) is 30.3 Å². The summed E-state index contributed by atoms with van der Waals surface area (Å²) in [6.07, 6.45) is -0.794. The molecule has 0 saturated carbocycles. The van der Waals surface area contributed by atoms with Crippen molar-refractivity contribution in [3.8, 4) is 0 Å². The number of amides is 2. The Kier molecular flexibility index (Phi) is 8.17. The number of hydrogen-bond donors (Lipinski definition) is 2. The van der Waals surface area contributed by atoms with Crippen LogP contribution in [0.5, 0.6) is 0 Å². The van der Waals surface area contributed by atoms with E-state index in [9.17, 15) is 19.2 Å². The summed E-state index contributed by atoms with van der Waals surface area (Å²) in [7, 11) is 1.12. The van der Waals surface area contributed by atoms with Gasteiger partial charge in [0, 0.05) is 0 Å². The molecule has 9 nitrogen and oxygen atoms in total. The molecule has 0 aromatic heterocycles. The molecule has 0 aliphatic rings. The minimum absolute atomic E-state index is 0.102. The molecule has 160 valence electrons. The van der Waals surface area contributed by atoms with Gasteiger partial charge in [0.05, 0.1) is 12.6 Å². The highest BCUT2D eigenvalue weighted by molar-refractivity contribution is 6.32. The zero-order chi connectivity index (χ0) is 22.2. The van der Waals surface area contributed by atoms with Gasteiger partial charge in [0.15, 0.2) is 6.04 Å². The average Bonchev–Trinajstić information content (AvgIpc) is 2.61. The normalized spacial score (nSPS) is 12.3. The lowest BCUT2D eigenvalue weighted by Gasteiger charge is -2.34. The first-order valence-corrected chi connectivity index (χ1v) is 8.96. The smallest absolute Gasteiger partial charge is 0.408 e. The van der Waals surface area contributed by atoms with Gasteiger partial charge < -0.3 is 24.8 Å². The maximum atomic E-state index is 12.2. The van der Waals surface area contributed by atoms with E-state index in [0.29, 0.717) is 5.56 Å². The molecule has 0 heterocycles. The molecule has 1 rings (SSSR count). The molecule has 1 atom stereocenters. The Labute approximate surface area is 170 Å². The molecule has 0 spiro atoms. The van der Waals surface area contributed by atoms with Crippen LogP contribution in [0, 0.1) is 0 Å². The maximum Gasteiger partial charge on any atom is 0.408 e. The molecule has 2 amide bonds. The third-order valence-electron chi connectivity index (χ3n) is 3.66. The van der Waals surface area contributed by atoms with Crippen molar-refractivity contribution in [2.75, 3.05) is 7.11 Å². The van der Waals surface area contributed by atoms with Crippen molar-refractivity contribution >= 4 is 23.9 Å². The lowest BCUT2D eigenvalue weighted by molar-refractivity contribution is -0.158. The van der Waals surface area contributed by atoms with Crippen molar-refractivity contribution < 1.29 is 33.4 Å². The maximum absolute atomic E-state index is 12.2. The van der Waals surface area contributed by atoms with Crippen LogP contribution in [-0.2, 0) is 35.2 Å². The molecule has 0 aliphatic heterocycles. The number of ether oxygens (including phenoxy) is 3. The quantitative estimate of drug-likeness (QED) is 0.417. The Bertz CT molecular complexity index is 739. The van der Waals surface area contributed by atoms with Crippen LogP contribution in [0.25, 0.3) is 0 Å². The van der Waals surface area contributed by atoms with E-state index >= 15 is 0 Å². The van der Waals surface area contributed by atoms with E-state index in [0.717, 1.165) is 7.11 Å². The van der Waals surface area contributed by atoms with Gasteiger partial charge in [-0.25, -0.2) is 14.4 Å². The number of carbonyl (C=O) groups excluding carboxylic acids is 4. The summed E-state index contributed by atoms with van der Waals surface area (Å²) < 4.78 is 14.8. The molecule has 0 saturated heterocycles. The number of hydrogen-bond acceptors (Lipinski definition) is 7. The van der Waals surface area contributed by atoms with Gasteiger partial charge in [0.2, 0.25) is 0 Å². The van der Waals surface area contributed by atoms with Gasteiger partial charge >= 0.3 is 23.9 Å². The minimum Gasteiger partial charge on any atom is -0.467 e. The van der Waals surface area contributed by atoms with Crippen molar-refractivity contribution in [3.05, 3.63) is 35.9 Å². The van der Waals surface area contributed by atoms with E-state index in [-0.39, 0.29) is 6.61 Å². The Balaban J connectivity index is 2.80. The van der Waals surface area contributed by atoms with Gasteiger partial charge in [-0.2, -0.15) is 0 Å². The van der Waals surface area contributed by atoms with E-state index in [2.05, 4.69) is 10.6 Å². The lowest BCUT2D eigenvalue weighted by Crippen LogP contribution is -2.63. The monoisotopic (exact) mass is 408 g/mol. The van der Waals surface area contributed by atoms with E-state index in [1.165, 1.54) is 13.8 Å². The average molecular weight is 408 g/mol. The molecule has 9 heteroatoms. The van der Waals surface area contributed by atoms with Gasteiger partial charge in [-0.1, -0.05) is 30.3 Å². The van der Waals surface area contributed by atoms with Crippen LogP contribution in [0.2, 0.25) is 0 Å². The zero-order valence-corrected chi connectivity index (χ0v) is 17.5. The molecule has 0 bridgehead atoms. The number of esters is 2. The number of carbonyl (C=O) groups is 4. The van der Waals surface area contributed by atoms with Gasteiger partial charge in [-0.3, -0.25) is 4.79 Å². The molecular weight excluding hydrogens is 380 g/mol. The van der Waals surface area contributed by atoms with Crippen molar-refractivity contribution in [2.45, 2.75) is 58.4 Å². The standard InChI is InChI=1S/C20H28N2O7/c1-19(2,3)29-18(26)22-20(4,5)14(16(24)27-6)21-15(23)17(25)28-12-13-10-8-7-9-11-13/h7-11,14H,12H2,1-6H3,(H,21,23)(H,22,26)/t14-/m1/s1. The second-order valence-corrected chi connectivity index (χ2v) is 7.84. The first kappa shape index (κ1) is 23.9. The first-order valence-electron chi connectivity index (χ1n) is 8.96. The third-order valence-corrected chi connectivity index (χ3v) is 3.66. The second kappa shape index (κ2) is 9.90. The van der Waals surface area contributed by atoms with Crippen molar-refractivity contribution in [3.63, 3.8) is 0 Å². The van der Waals surface area contributed by atoms with Crippen LogP contribution in [0.3, 0.4) is 0 Å². The minimum atomic E-state index is -1.36. The molecule has 0 unspecified atom stereocenters. The molecule has 0 radical (unpaired) electrons. The van der Waals surface area contributed by atoms with E-state index < -0.39 is 41.1 Å². The Hall–Kier alpha value is -3.10. The molecule has 1 aromatic carbocycles. The van der Waals surface area contributed by atoms with Gasteiger partial charge in [0.1, 0.15) is 12.2 Å². The number of rotatable bonds is 6. The molecule has 29 heavy (non-hydrogen) atoms. The Morgan fingerprint density at radius 2 is 1.59 bits per heavy atom. The fourth-order valence-electron chi connectivity index (χ4n) is 2.27. The van der Waals surface area contributed by atoms with Gasteiger partial charge in [-0.15, -0.1) is 0 Å². The third kappa shape index (κ3) is 8.20. The van der Waals surface area contributed by atoms with E-state index in [1.807, 2.05) is 0 Å². The topological polar surface area (TPSA) is 120 Å². The lowest BCUT2D eigenvalue weighted by atomic mass is 9.94. The van der Waals surface area contributed by atoms with E-state index in [1.54, 1.807) is 51.1 Å². The summed E-state index contributed by atoms with van der Waals surface area (Å²) in [4.78, 5) is 48.5. The second-order valence-electron chi connectivity index (χ2n) is 7.84. The molecule has 0 fully saturated rings. The Morgan fingerprint density at radius 1 is 1.00 bits per heavy atom. The number of benzene rings is 1. The Morgan fingerprint density at radius 3 is 2.10 bits per heavy atom. The predicted molar refractivity (Wildman–Crippen MR) is 104 cm³/mol.